The standard InChI is InChI=1S/C18H27BrFN/c1-13(2)12-18(8-4-5-9-18)17(21-3)10-14-6-7-15(20)11-16(14)19/h6-7,11,13,17,21H,4-5,8-10,12H2,1-3H3. The average molecular weight is 356 g/mol. The zero-order chi connectivity index (χ0) is 15.5. The second-order valence-electron chi connectivity index (χ2n) is 6.95. The van der Waals surface area contributed by atoms with Gasteiger partial charge in [-0.25, -0.2) is 4.39 Å². The summed E-state index contributed by atoms with van der Waals surface area (Å²) in [6.07, 6.45) is 7.55. The molecule has 0 aromatic heterocycles. The van der Waals surface area contributed by atoms with E-state index in [1.165, 1.54) is 37.7 Å². The summed E-state index contributed by atoms with van der Waals surface area (Å²) >= 11 is 3.51. The van der Waals surface area contributed by atoms with E-state index in [2.05, 4.69) is 42.1 Å². The van der Waals surface area contributed by atoms with Crippen molar-refractivity contribution in [1.82, 2.24) is 5.32 Å². The van der Waals surface area contributed by atoms with Crippen LogP contribution < -0.4 is 5.32 Å². The Bertz CT molecular complexity index is 466. The van der Waals surface area contributed by atoms with Crippen molar-refractivity contribution in [3.63, 3.8) is 0 Å². The third-order valence-corrected chi connectivity index (χ3v) is 5.68. The highest BCUT2D eigenvalue weighted by Crippen LogP contribution is 2.47. The summed E-state index contributed by atoms with van der Waals surface area (Å²) in [5, 5.41) is 3.57. The van der Waals surface area contributed by atoms with Crippen molar-refractivity contribution >= 4 is 15.9 Å². The Kier molecular flexibility index (Phi) is 5.84. The monoisotopic (exact) mass is 355 g/mol. The zero-order valence-corrected chi connectivity index (χ0v) is 15.0. The molecule has 0 amide bonds. The van der Waals surface area contributed by atoms with Gasteiger partial charge in [-0.3, -0.25) is 0 Å². The molecule has 2 rings (SSSR count). The summed E-state index contributed by atoms with van der Waals surface area (Å²) in [7, 11) is 2.07. The minimum Gasteiger partial charge on any atom is -0.316 e. The highest BCUT2D eigenvalue weighted by atomic mass is 79.9. The van der Waals surface area contributed by atoms with Gasteiger partial charge in [0.25, 0.3) is 0 Å². The Morgan fingerprint density at radius 2 is 1.95 bits per heavy atom. The van der Waals surface area contributed by atoms with Gasteiger partial charge in [-0.05, 0) is 61.8 Å². The maximum absolute atomic E-state index is 13.3. The number of benzene rings is 1. The van der Waals surface area contributed by atoms with Crippen LogP contribution in [0.25, 0.3) is 0 Å². The van der Waals surface area contributed by atoms with E-state index in [4.69, 9.17) is 0 Å². The minimum absolute atomic E-state index is 0.176. The largest absolute Gasteiger partial charge is 0.316 e. The summed E-state index contributed by atoms with van der Waals surface area (Å²) in [5.41, 5.74) is 1.60. The normalized spacial score (nSPS) is 19.1. The van der Waals surface area contributed by atoms with Crippen LogP contribution in [-0.4, -0.2) is 13.1 Å². The van der Waals surface area contributed by atoms with Crippen LogP contribution in [0.2, 0.25) is 0 Å². The van der Waals surface area contributed by atoms with Crippen LogP contribution in [0.15, 0.2) is 22.7 Å². The van der Waals surface area contributed by atoms with E-state index in [1.807, 2.05) is 6.07 Å². The molecule has 1 nitrogen and oxygen atoms in total. The third-order valence-electron chi connectivity index (χ3n) is 4.94. The first-order valence-corrected chi connectivity index (χ1v) is 8.87. The van der Waals surface area contributed by atoms with Gasteiger partial charge in [-0.15, -0.1) is 0 Å². The molecule has 0 spiro atoms. The molecule has 0 radical (unpaired) electrons. The van der Waals surface area contributed by atoms with Crippen LogP contribution >= 0.6 is 15.9 Å². The Morgan fingerprint density at radius 1 is 1.29 bits per heavy atom. The Morgan fingerprint density at radius 3 is 2.48 bits per heavy atom. The maximum Gasteiger partial charge on any atom is 0.124 e. The predicted octanol–water partition coefficient (Wildman–Crippen LogP) is 5.33. The molecular formula is C18H27BrFN. The molecular weight excluding hydrogens is 329 g/mol. The van der Waals surface area contributed by atoms with E-state index >= 15 is 0 Å². The fourth-order valence-corrected chi connectivity index (χ4v) is 4.63. The number of likely N-dealkylation sites (N-methyl/N-ethyl adjacent to an activating group) is 1. The lowest BCUT2D eigenvalue weighted by molar-refractivity contribution is 0.160. The molecule has 1 aromatic carbocycles. The topological polar surface area (TPSA) is 12.0 Å². The number of hydrogen-bond donors (Lipinski definition) is 1. The summed E-state index contributed by atoms with van der Waals surface area (Å²) in [5.74, 6) is 0.542. The van der Waals surface area contributed by atoms with Crippen LogP contribution in [0.3, 0.4) is 0 Å². The van der Waals surface area contributed by atoms with Gasteiger partial charge in [-0.2, -0.15) is 0 Å². The van der Waals surface area contributed by atoms with E-state index in [0.717, 1.165) is 16.8 Å². The second-order valence-corrected chi connectivity index (χ2v) is 7.80. The van der Waals surface area contributed by atoms with Crippen molar-refractivity contribution in [3.05, 3.63) is 34.1 Å². The van der Waals surface area contributed by atoms with Gasteiger partial charge in [0.2, 0.25) is 0 Å². The first kappa shape index (κ1) is 17.0. The van der Waals surface area contributed by atoms with Gasteiger partial charge < -0.3 is 5.32 Å². The van der Waals surface area contributed by atoms with Gasteiger partial charge in [-0.1, -0.05) is 48.7 Å². The van der Waals surface area contributed by atoms with Crippen LogP contribution in [0.4, 0.5) is 4.39 Å². The molecule has 1 atom stereocenters. The first-order chi connectivity index (χ1) is 9.97. The third kappa shape index (κ3) is 4.07. The average Bonchev–Trinajstić information content (AvgIpc) is 2.86. The van der Waals surface area contributed by atoms with Gasteiger partial charge in [0, 0.05) is 10.5 Å². The first-order valence-electron chi connectivity index (χ1n) is 8.08. The molecule has 1 unspecified atom stereocenters. The fourth-order valence-electron chi connectivity index (χ4n) is 4.12. The molecule has 1 fully saturated rings. The van der Waals surface area contributed by atoms with Crippen molar-refractivity contribution in [1.29, 1.82) is 0 Å². The lowest BCUT2D eigenvalue weighted by Gasteiger charge is -2.39. The molecule has 0 heterocycles. The zero-order valence-electron chi connectivity index (χ0n) is 13.4. The number of halogens is 2. The molecule has 118 valence electrons. The van der Waals surface area contributed by atoms with Crippen LogP contribution in [0.1, 0.15) is 51.5 Å². The maximum atomic E-state index is 13.3. The quantitative estimate of drug-likeness (QED) is 0.727. The van der Waals surface area contributed by atoms with E-state index in [-0.39, 0.29) is 5.82 Å². The smallest absolute Gasteiger partial charge is 0.124 e. The summed E-state index contributed by atoms with van der Waals surface area (Å²) < 4.78 is 14.2. The molecule has 1 aliphatic carbocycles. The van der Waals surface area contributed by atoms with Crippen molar-refractivity contribution in [3.8, 4) is 0 Å². The molecule has 0 bridgehead atoms. The molecule has 0 aliphatic heterocycles. The molecule has 21 heavy (non-hydrogen) atoms. The number of nitrogens with one attached hydrogen (secondary N) is 1. The van der Waals surface area contributed by atoms with E-state index in [1.54, 1.807) is 12.1 Å². The predicted molar refractivity (Wildman–Crippen MR) is 91.0 cm³/mol. The van der Waals surface area contributed by atoms with E-state index < -0.39 is 0 Å². The molecule has 3 heteroatoms. The number of hydrogen-bond acceptors (Lipinski definition) is 1. The lowest BCUT2D eigenvalue weighted by atomic mass is 9.71. The van der Waals surface area contributed by atoms with Gasteiger partial charge in [0.1, 0.15) is 5.82 Å². The summed E-state index contributed by atoms with van der Waals surface area (Å²) in [6.45, 7) is 4.64. The van der Waals surface area contributed by atoms with Crippen molar-refractivity contribution in [2.24, 2.45) is 11.3 Å². The van der Waals surface area contributed by atoms with Crippen LogP contribution in [0.5, 0.6) is 0 Å². The van der Waals surface area contributed by atoms with Crippen molar-refractivity contribution in [2.45, 2.75) is 58.4 Å². The van der Waals surface area contributed by atoms with E-state index in [9.17, 15) is 4.39 Å². The van der Waals surface area contributed by atoms with Crippen LogP contribution in [-0.2, 0) is 6.42 Å². The van der Waals surface area contributed by atoms with E-state index in [0.29, 0.717) is 11.5 Å². The molecule has 1 N–H and O–H groups in total. The summed E-state index contributed by atoms with van der Waals surface area (Å²) in [4.78, 5) is 0. The van der Waals surface area contributed by atoms with Gasteiger partial charge >= 0.3 is 0 Å². The molecule has 1 aliphatic rings. The Labute approximate surface area is 136 Å². The highest BCUT2D eigenvalue weighted by Gasteiger charge is 2.40. The minimum atomic E-state index is -0.176. The van der Waals surface area contributed by atoms with Gasteiger partial charge in [0.05, 0.1) is 0 Å². The Hall–Kier alpha value is -0.410. The number of rotatable bonds is 6. The lowest BCUT2D eigenvalue weighted by Crippen LogP contribution is -2.44. The Balaban J connectivity index is 2.20. The highest BCUT2D eigenvalue weighted by molar-refractivity contribution is 9.10. The van der Waals surface area contributed by atoms with Crippen molar-refractivity contribution in [2.75, 3.05) is 7.05 Å². The SMILES string of the molecule is CNC(Cc1ccc(F)cc1Br)C1(CC(C)C)CCCC1. The van der Waals surface area contributed by atoms with Crippen LogP contribution in [0, 0.1) is 17.2 Å². The second kappa shape index (κ2) is 7.23. The van der Waals surface area contributed by atoms with Crippen molar-refractivity contribution < 1.29 is 4.39 Å². The summed E-state index contributed by atoms with van der Waals surface area (Å²) in [6, 6.07) is 5.52. The molecule has 1 saturated carbocycles. The fraction of sp³-hybridized carbons (Fsp3) is 0.667. The molecule has 1 aromatic rings. The van der Waals surface area contributed by atoms with Gasteiger partial charge in [0.15, 0.2) is 0 Å². The molecule has 0 saturated heterocycles.